The van der Waals surface area contributed by atoms with Crippen molar-refractivity contribution in [1.29, 1.82) is 0 Å². The normalized spacial score (nSPS) is 14.4. The predicted molar refractivity (Wildman–Crippen MR) is 118 cm³/mol. The number of alkyl halides is 3. The van der Waals surface area contributed by atoms with Crippen molar-refractivity contribution in [1.82, 2.24) is 34.6 Å². The van der Waals surface area contributed by atoms with Gasteiger partial charge in [-0.05, 0) is 31.9 Å². The number of carbonyl (C=O) groups excluding carboxylic acids is 1. The second-order valence-electron chi connectivity index (χ2n) is 7.95. The molecule has 5 rings (SSSR count). The van der Waals surface area contributed by atoms with E-state index in [1.165, 1.54) is 0 Å². The number of aryl methyl sites for hydroxylation is 1. The Morgan fingerprint density at radius 1 is 1.17 bits per heavy atom. The van der Waals surface area contributed by atoms with E-state index in [0.29, 0.717) is 30.2 Å². The number of fused-ring (bicyclic) bond motifs is 1. The Kier molecular flexibility index (Phi) is 6.94. The summed E-state index contributed by atoms with van der Waals surface area (Å²) in [6.45, 7) is 3.07. The molecule has 0 spiro atoms. The molecule has 0 unspecified atom stereocenters. The molecular formula is C22H20F3N7O4. The molecule has 0 bridgehead atoms. The molecule has 4 aromatic heterocycles. The molecule has 1 aliphatic heterocycles. The molecule has 14 heteroatoms. The van der Waals surface area contributed by atoms with Crippen molar-refractivity contribution in [2.24, 2.45) is 0 Å². The third kappa shape index (κ3) is 5.47. The number of carboxylic acids is 1. The van der Waals surface area contributed by atoms with Crippen LogP contribution < -0.4 is 0 Å². The predicted octanol–water partition coefficient (Wildman–Crippen LogP) is 3.30. The Hall–Kier alpha value is -4.36. The van der Waals surface area contributed by atoms with Crippen molar-refractivity contribution >= 4 is 23.2 Å². The van der Waals surface area contributed by atoms with Crippen LogP contribution in [0.25, 0.3) is 22.6 Å². The van der Waals surface area contributed by atoms with E-state index in [1.807, 2.05) is 17.0 Å². The van der Waals surface area contributed by atoms with Gasteiger partial charge in [-0.3, -0.25) is 9.78 Å². The zero-order valence-corrected chi connectivity index (χ0v) is 18.9. The van der Waals surface area contributed by atoms with Gasteiger partial charge in [0.2, 0.25) is 0 Å². The van der Waals surface area contributed by atoms with Crippen LogP contribution in [0.3, 0.4) is 0 Å². The topological polar surface area (TPSA) is 140 Å². The zero-order valence-electron chi connectivity index (χ0n) is 18.9. The fourth-order valence-corrected chi connectivity index (χ4v) is 3.71. The van der Waals surface area contributed by atoms with Crippen molar-refractivity contribution < 1.29 is 32.4 Å². The van der Waals surface area contributed by atoms with Gasteiger partial charge < -0.3 is 19.1 Å². The zero-order chi connectivity index (χ0) is 25.9. The summed E-state index contributed by atoms with van der Waals surface area (Å²) in [6.07, 6.45) is 3.56. The minimum absolute atomic E-state index is 0.0885. The van der Waals surface area contributed by atoms with Gasteiger partial charge in [-0.2, -0.15) is 13.2 Å². The van der Waals surface area contributed by atoms with Crippen LogP contribution in [-0.4, -0.2) is 70.8 Å². The van der Waals surface area contributed by atoms with Gasteiger partial charge in [0.05, 0.1) is 18.2 Å². The van der Waals surface area contributed by atoms with Crippen LogP contribution in [0.2, 0.25) is 0 Å². The molecule has 1 fully saturated rings. The Morgan fingerprint density at radius 3 is 2.47 bits per heavy atom. The van der Waals surface area contributed by atoms with Crippen LogP contribution in [0, 0.1) is 6.92 Å². The summed E-state index contributed by atoms with van der Waals surface area (Å²) < 4.78 is 38.8. The van der Waals surface area contributed by atoms with E-state index in [-0.39, 0.29) is 11.9 Å². The summed E-state index contributed by atoms with van der Waals surface area (Å²) in [7, 11) is 0. The molecule has 188 valence electrons. The number of aliphatic carboxylic acids is 1. The first-order chi connectivity index (χ1) is 17.1. The molecule has 0 aliphatic carbocycles. The highest BCUT2D eigenvalue weighted by Gasteiger charge is 2.38. The summed E-state index contributed by atoms with van der Waals surface area (Å²) >= 11 is 0. The highest BCUT2D eigenvalue weighted by molar-refractivity contribution is 5.92. The number of carbonyl (C=O) groups is 2. The van der Waals surface area contributed by atoms with E-state index in [9.17, 15) is 18.0 Å². The summed E-state index contributed by atoms with van der Waals surface area (Å²) in [5, 5.41) is 11.0. The number of aromatic nitrogens is 6. The summed E-state index contributed by atoms with van der Waals surface area (Å²) in [5.41, 5.74) is 3.41. The maximum Gasteiger partial charge on any atom is 0.490 e. The maximum atomic E-state index is 12.6. The SMILES string of the molecule is Cc1cc(C(=O)N2CCC(n3cnc4ncc(-c5cccnc5)nc43)CC2)no1.O=C(O)C(F)(F)F. The number of pyridine rings is 1. The van der Waals surface area contributed by atoms with Crippen molar-refractivity contribution in [3.63, 3.8) is 0 Å². The number of rotatable bonds is 3. The number of halogens is 3. The van der Waals surface area contributed by atoms with Gasteiger partial charge in [0.1, 0.15) is 5.76 Å². The Morgan fingerprint density at radius 2 is 1.89 bits per heavy atom. The summed E-state index contributed by atoms with van der Waals surface area (Å²) in [6, 6.07) is 5.72. The Balaban J connectivity index is 0.000000384. The smallest absolute Gasteiger partial charge is 0.475 e. The summed E-state index contributed by atoms with van der Waals surface area (Å²) in [5.74, 6) is -2.21. The fourth-order valence-electron chi connectivity index (χ4n) is 3.71. The van der Waals surface area contributed by atoms with Gasteiger partial charge in [0.15, 0.2) is 17.0 Å². The van der Waals surface area contributed by atoms with E-state index in [1.54, 1.807) is 37.9 Å². The first kappa shape index (κ1) is 24.8. The quantitative estimate of drug-likeness (QED) is 0.446. The number of piperidine rings is 1. The van der Waals surface area contributed by atoms with Crippen molar-refractivity contribution in [2.75, 3.05) is 13.1 Å². The maximum absolute atomic E-state index is 12.6. The number of likely N-dealkylation sites (tertiary alicyclic amines) is 1. The van der Waals surface area contributed by atoms with Gasteiger partial charge in [0.25, 0.3) is 5.91 Å². The molecule has 1 aliphatic rings. The van der Waals surface area contributed by atoms with E-state index < -0.39 is 12.1 Å². The molecule has 36 heavy (non-hydrogen) atoms. The van der Waals surface area contributed by atoms with Gasteiger partial charge in [-0.15, -0.1) is 0 Å². The van der Waals surface area contributed by atoms with Crippen LogP contribution in [0.4, 0.5) is 13.2 Å². The molecular weight excluding hydrogens is 483 g/mol. The van der Waals surface area contributed by atoms with Gasteiger partial charge in [0, 0.05) is 43.2 Å². The Bertz CT molecular complexity index is 1360. The third-order valence-corrected chi connectivity index (χ3v) is 5.48. The lowest BCUT2D eigenvalue weighted by Crippen LogP contribution is -2.39. The number of imidazole rings is 1. The standard InChI is InChI=1S/C20H19N7O2.C2HF3O2/c1-13-9-16(25-29-13)20(28)26-7-4-15(5-8-26)27-12-23-18-19(27)24-17(11-22-18)14-3-2-6-21-10-14;3-2(4,5)1(6)7/h2-3,6,9-12,15H,4-5,7-8H2,1H3;(H,6,7). The first-order valence-corrected chi connectivity index (χ1v) is 10.8. The number of hydrogen-bond donors (Lipinski definition) is 1. The third-order valence-electron chi connectivity index (χ3n) is 5.48. The molecule has 0 atom stereocenters. The average molecular weight is 503 g/mol. The van der Waals surface area contributed by atoms with Gasteiger partial charge in [-0.25, -0.2) is 19.7 Å². The van der Waals surface area contributed by atoms with Crippen molar-refractivity contribution in [3.8, 4) is 11.3 Å². The van der Waals surface area contributed by atoms with Gasteiger partial charge >= 0.3 is 12.1 Å². The van der Waals surface area contributed by atoms with Crippen molar-refractivity contribution in [2.45, 2.75) is 32.0 Å². The minimum Gasteiger partial charge on any atom is -0.475 e. The molecule has 5 heterocycles. The van der Waals surface area contributed by atoms with Crippen LogP contribution in [-0.2, 0) is 4.79 Å². The number of nitrogens with zero attached hydrogens (tertiary/aromatic N) is 7. The van der Waals surface area contributed by atoms with E-state index >= 15 is 0 Å². The van der Waals surface area contributed by atoms with Crippen molar-refractivity contribution in [3.05, 3.63) is 54.6 Å². The van der Waals surface area contributed by atoms with Crippen LogP contribution in [0.1, 0.15) is 35.1 Å². The van der Waals surface area contributed by atoms with Crippen LogP contribution in [0.5, 0.6) is 0 Å². The molecule has 1 saturated heterocycles. The lowest BCUT2D eigenvalue weighted by Gasteiger charge is -2.32. The lowest BCUT2D eigenvalue weighted by molar-refractivity contribution is -0.192. The highest BCUT2D eigenvalue weighted by atomic mass is 19.4. The molecule has 1 N–H and O–H groups in total. The van der Waals surface area contributed by atoms with E-state index in [0.717, 1.165) is 29.7 Å². The largest absolute Gasteiger partial charge is 0.490 e. The van der Waals surface area contributed by atoms with E-state index in [4.69, 9.17) is 19.4 Å². The highest BCUT2D eigenvalue weighted by Crippen LogP contribution is 2.27. The average Bonchev–Trinajstić information content (AvgIpc) is 3.50. The molecule has 0 radical (unpaired) electrons. The molecule has 1 amide bonds. The number of hydrogen-bond acceptors (Lipinski definition) is 8. The lowest BCUT2D eigenvalue weighted by atomic mass is 10.0. The molecule has 11 nitrogen and oxygen atoms in total. The molecule has 0 aromatic carbocycles. The van der Waals surface area contributed by atoms with E-state index in [2.05, 4.69) is 24.7 Å². The van der Waals surface area contributed by atoms with Crippen LogP contribution >= 0.6 is 0 Å². The first-order valence-electron chi connectivity index (χ1n) is 10.8. The number of carboxylic acid groups (broad SMARTS) is 1. The monoisotopic (exact) mass is 503 g/mol. The second-order valence-corrected chi connectivity index (χ2v) is 7.95. The van der Waals surface area contributed by atoms with Crippen LogP contribution in [0.15, 0.2) is 47.6 Å². The number of amides is 1. The van der Waals surface area contributed by atoms with Gasteiger partial charge in [-0.1, -0.05) is 5.16 Å². The molecule has 0 saturated carbocycles. The second kappa shape index (κ2) is 10.1. The fraction of sp³-hybridized carbons (Fsp3) is 0.318. The minimum atomic E-state index is -5.08. The summed E-state index contributed by atoms with van der Waals surface area (Å²) in [4.78, 5) is 41.1. The Labute approximate surface area is 201 Å². The molecule has 4 aromatic rings.